The Morgan fingerprint density at radius 1 is 0.931 bits per heavy atom. The zero-order chi connectivity index (χ0) is 21.2. The van der Waals surface area contributed by atoms with Gasteiger partial charge in [0.15, 0.2) is 5.57 Å². The van der Waals surface area contributed by atoms with E-state index in [2.05, 4.69) is 10.0 Å². The molecule has 0 atom stereocenters. The van der Waals surface area contributed by atoms with Gasteiger partial charge >= 0.3 is 11.9 Å². The van der Waals surface area contributed by atoms with E-state index < -0.39 is 27.7 Å². The van der Waals surface area contributed by atoms with Gasteiger partial charge in [-0.25, -0.2) is 18.0 Å². The molecule has 152 valence electrons. The van der Waals surface area contributed by atoms with Crippen LogP contribution in [0.2, 0.25) is 0 Å². The Labute approximate surface area is 168 Å². The number of anilines is 2. The van der Waals surface area contributed by atoms with Gasteiger partial charge in [-0.1, -0.05) is 18.2 Å². The maximum atomic E-state index is 12.6. The van der Waals surface area contributed by atoms with E-state index in [1.165, 1.54) is 38.1 Å². The first-order valence-corrected chi connectivity index (χ1v) is 10.2. The molecule has 29 heavy (non-hydrogen) atoms. The molecule has 1 heterocycles. The topological polar surface area (TPSA) is 111 Å². The minimum absolute atomic E-state index is 0.0668. The molecule has 2 aromatic carbocycles. The number of hydrogen-bond donors (Lipinski definition) is 2. The van der Waals surface area contributed by atoms with Gasteiger partial charge in [-0.05, 0) is 42.8 Å². The fraction of sp³-hybridized carbons (Fsp3) is 0.200. The first-order valence-electron chi connectivity index (χ1n) is 8.69. The van der Waals surface area contributed by atoms with Crippen molar-refractivity contribution in [3.05, 3.63) is 65.9 Å². The summed E-state index contributed by atoms with van der Waals surface area (Å²) in [5.41, 5.74) is 1.48. The quantitative estimate of drug-likeness (QED) is 0.438. The van der Waals surface area contributed by atoms with Crippen molar-refractivity contribution in [3.8, 4) is 0 Å². The summed E-state index contributed by atoms with van der Waals surface area (Å²) in [6, 6.07) is 12.9. The number of esters is 2. The third-order valence-corrected chi connectivity index (χ3v) is 5.44. The zero-order valence-electron chi connectivity index (χ0n) is 16.1. The van der Waals surface area contributed by atoms with Gasteiger partial charge in [0, 0.05) is 25.7 Å². The second kappa shape index (κ2) is 7.59. The molecule has 0 amide bonds. The molecule has 0 radical (unpaired) electrons. The van der Waals surface area contributed by atoms with E-state index in [0.29, 0.717) is 11.4 Å². The van der Waals surface area contributed by atoms with Crippen molar-refractivity contribution in [2.75, 3.05) is 10.0 Å². The summed E-state index contributed by atoms with van der Waals surface area (Å²) in [4.78, 5) is 23.9. The number of ether oxygens (including phenoxy) is 2. The minimum Gasteiger partial charge on any atom is -0.419 e. The number of rotatable bonds is 5. The number of cyclic esters (lactones) is 2. The van der Waals surface area contributed by atoms with Crippen LogP contribution < -0.4 is 10.0 Å². The summed E-state index contributed by atoms with van der Waals surface area (Å²) in [6.07, 6.45) is 1.16. The lowest BCUT2D eigenvalue weighted by molar-refractivity contribution is -0.222. The van der Waals surface area contributed by atoms with Crippen LogP contribution in [0.5, 0.6) is 0 Å². The second-order valence-corrected chi connectivity index (χ2v) is 8.51. The summed E-state index contributed by atoms with van der Waals surface area (Å²) < 4.78 is 37.6. The van der Waals surface area contributed by atoms with Crippen molar-refractivity contribution in [2.45, 2.75) is 31.5 Å². The van der Waals surface area contributed by atoms with Gasteiger partial charge in [0.05, 0.1) is 10.6 Å². The number of benzene rings is 2. The summed E-state index contributed by atoms with van der Waals surface area (Å²) >= 11 is 0. The molecule has 1 fully saturated rings. The van der Waals surface area contributed by atoms with Crippen molar-refractivity contribution < 1.29 is 27.5 Å². The molecule has 9 heteroatoms. The van der Waals surface area contributed by atoms with Crippen molar-refractivity contribution in [3.63, 3.8) is 0 Å². The molecule has 3 rings (SSSR count). The lowest BCUT2D eigenvalue weighted by atomic mass is 10.2. The van der Waals surface area contributed by atoms with Gasteiger partial charge < -0.3 is 14.8 Å². The largest absolute Gasteiger partial charge is 0.419 e. The monoisotopic (exact) mass is 416 g/mol. The van der Waals surface area contributed by atoms with Crippen LogP contribution in [0.4, 0.5) is 11.4 Å². The molecule has 0 spiro atoms. The van der Waals surface area contributed by atoms with Gasteiger partial charge in [0.2, 0.25) is 0 Å². The van der Waals surface area contributed by atoms with Crippen LogP contribution in [0.3, 0.4) is 0 Å². The third-order valence-electron chi connectivity index (χ3n) is 4.05. The predicted octanol–water partition coefficient (Wildman–Crippen LogP) is 2.93. The second-order valence-electron chi connectivity index (χ2n) is 6.83. The molecule has 0 aliphatic carbocycles. The lowest BCUT2D eigenvalue weighted by Gasteiger charge is -2.29. The highest BCUT2D eigenvalue weighted by atomic mass is 32.2. The fourth-order valence-electron chi connectivity index (χ4n) is 2.56. The molecule has 0 bridgehead atoms. The summed E-state index contributed by atoms with van der Waals surface area (Å²) in [5, 5.41) is 2.76. The Bertz CT molecular complexity index is 1070. The van der Waals surface area contributed by atoms with Crippen LogP contribution in [-0.4, -0.2) is 26.1 Å². The highest BCUT2D eigenvalue weighted by Crippen LogP contribution is 2.24. The normalized spacial score (nSPS) is 15.9. The fourth-order valence-corrected chi connectivity index (χ4v) is 3.69. The van der Waals surface area contributed by atoms with Crippen LogP contribution in [0.25, 0.3) is 0 Å². The van der Waals surface area contributed by atoms with Gasteiger partial charge in [0.25, 0.3) is 15.8 Å². The molecular weight excluding hydrogens is 396 g/mol. The van der Waals surface area contributed by atoms with Crippen LogP contribution in [0.15, 0.2) is 65.2 Å². The van der Waals surface area contributed by atoms with E-state index in [1.54, 1.807) is 25.1 Å². The smallest absolute Gasteiger partial charge is 0.350 e. The van der Waals surface area contributed by atoms with Crippen LogP contribution in [-0.2, 0) is 29.1 Å². The zero-order valence-corrected chi connectivity index (χ0v) is 16.9. The van der Waals surface area contributed by atoms with E-state index in [9.17, 15) is 18.0 Å². The predicted molar refractivity (Wildman–Crippen MR) is 106 cm³/mol. The van der Waals surface area contributed by atoms with E-state index in [4.69, 9.17) is 9.47 Å². The number of carbonyl (C=O) groups is 2. The van der Waals surface area contributed by atoms with Crippen molar-refractivity contribution >= 4 is 33.3 Å². The average Bonchev–Trinajstić information content (AvgIpc) is 2.62. The summed E-state index contributed by atoms with van der Waals surface area (Å²) in [5.74, 6) is -2.92. The summed E-state index contributed by atoms with van der Waals surface area (Å²) in [6.45, 7) is 4.72. The Morgan fingerprint density at radius 2 is 1.52 bits per heavy atom. The van der Waals surface area contributed by atoms with Crippen LogP contribution in [0.1, 0.15) is 19.4 Å². The number of aryl methyl sites for hydroxylation is 1. The molecule has 1 saturated heterocycles. The average molecular weight is 416 g/mol. The summed E-state index contributed by atoms with van der Waals surface area (Å²) in [7, 11) is -3.76. The van der Waals surface area contributed by atoms with Crippen molar-refractivity contribution in [1.82, 2.24) is 0 Å². The number of nitrogens with one attached hydrogen (secondary N) is 2. The van der Waals surface area contributed by atoms with E-state index in [0.717, 1.165) is 11.8 Å². The Hall–Kier alpha value is -3.33. The number of hydrogen-bond acceptors (Lipinski definition) is 7. The molecule has 1 aliphatic heterocycles. The molecule has 1 aliphatic rings. The molecule has 8 nitrogen and oxygen atoms in total. The van der Waals surface area contributed by atoms with Crippen LogP contribution in [0, 0.1) is 6.92 Å². The minimum atomic E-state index is -3.76. The van der Waals surface area contributed by atoms with Gasteiger partial charge in [0.1, 0.15) is 0 Å². The number of sulfonamides is 1. The third kappa shape index (κ3) is 4.75. The molecule has 0 unspecified atom stereocenters. The Kier molecular flexibility index (Phi) is 5.34. The SMILES string of the molecule is Cc1ccccc1NS(=O)(=O)c1ccc(NC=C2C(=O)OC(C)(C)OC2=O)cc1. The molecule has 2 N–H and O–H groups in total. The van der Waals surface area contributed by atoms with Gasteiger partial charge in [-0.3, -0.25) is 4.72 Å². The highest BCUT2D eigenvalue weighted by molar-refractivity contribution is 7.92. The maximum absolute atomic E-state index is 12.6. The Balaban J connectivity index is 1.73. The molecule has 0 saturated carbocycles. The first kappa shape index (κ1) is 20.4. The van der Waals surface area contributed by atoms with Gasteiger partial charge in [-0.2, -0.15) is 0 Å². The van der Waals surface area contributed by atoms with Crippen molar-refractivity contribution in [2.24, 2.45) is 0 Å². The molecule has 2 aromatic rings. The highest BCUT2D eigenvalue weighted by Gasteiger charge is 2.38. The Morgan fingerprint density at radius 3 is 2.10 bits per heavy atom. The number of para-hydroxylation sites is 1. The van der Waals surface area contributed by atoms with E-state index in [1.807, 2.05) is 6.07 Å². The first-order chi connectivity index (χ1) is 13.6. The van der Waals surface area contributed by atoms with E-state index >= 15 is 0 Å². The molecular formula is C20H20N2O6S. The van der Waals surface area contributed by atoms with Crippen molar-refractivity contribution in [1.29, 1.82) is 0 Å². The standard InChI is InChI=1S/C20H20N2O6S/c1-13-6-4-5-7-17(13)22-29(25,26)15-10-8-14(9-11-15)21-12-16-18(23)27-20(2,3)28-19(16)24/h4-12,21-22H,1-3H3. The van der Waals surface area contributed by atoms with Crippen LogP contribution >= 0.6 is 0 Å². The number of carbonyl (C=O) groups excluding carboxylic acids is 2. The van der Waals surface area contributed by atoms with E-state index in [-0.39, 0.29) is 10.5 Å². The van der Waals surface area contributed by atoms with Gasteiger partial charge in [-0.15, -0.1) is 0 Å². The molecule has 0 aromatic heterocycles. The maximum Gasteiger partial charge on any atom is 0.350 e. The lowest BCUT2D eigenvalue weighted by Crippen LogP contribution is -2.42.